The highest BCUT2D eigenvalue weighted by molar-refractivity contribution is 5.51. The Labute approximate surface area is 121 Å². The van der Waals surface area contributed by atoms with E-state index >= 15 is 0 Å². The van der Waals surface area contributed by atoms with Crippen LogP contribution in [-0.4, -0.2) is 28.7 Å². The van der Waals surface area contributed by atoms with Gasteiger partial charge in [0.05, 0.1) is 4.92 Å². The van der Waals surface area contributed by atoms with Crippen molar-refractivity contribution in [3.8, 4) is 11.6 Å². The maximum atomic E-state index is 11.0. The van der Waals surface area contributed by atoms with Gasteiger partial charge in [-0.05, 0) is 24.1 Å². The molecule has 110 valence electrons. The second kappa shape index (κ2) is 6.67. The van der Waals surface area contributed by atoms with Gasteiger partial charge in [-0.15, -0.1) is 0 Å². The second-order valence-corrected chi connectivity index (χ2v) is 4.21. The number of rotatable bonds is 6. The summed E-state index contributed by atoms with van der Waals surface area (Å²) in [7, 11) is 1.66. The summed E-state index contributed by atoms with van der Waals surface area (Å²) in [6, 6.07) is 9.88. The lowest BCUT2D eigenvalue weighted by Gasteiger charge is -2.10. The zero-order chi connectivity index (χ0) is 15.2. The number of para-hydroxylation sites is 1. The number of nitro groups is 1. The summed E-state index contributed by atoms with van der Waals surface area (Å²) in [6.45, 7) is -0.0353. The van der Waals surface area contributed by atoms with Crippen molar-refractivity contribution in [1.82, 2.24) is 4.98 Å². The minimum atomic E-state index is -0.545. The Hall–Kier alpha value is -2.67. The highest BCUT2D eigenvalue weighted by Gasteiger charge is 2.19. The van der Waals surface area contributed by atoms with E-state index in [-0.39, 0.29) is 18.2 Å². The lowest BCUT2D eigenvalue weighted by molar-refractivity contribution is -0.386. The van der Waals surface area contributed by atoms with Crippen LogP contribution in [0.3, 0.4) is 0 Å². The molecule has 0 radical (unpaired) electrons. The van der Waals surface area contributed by atoms with Crippen LogP contribution in [0.5, 0.6) is 11.6 Å². The summed E-state index contributed by atoms with van der Waals surface area (Å²) < 4.78 is 5.59. The number of benzene rings is 1. The molecule has 0 saturated carbocycles. The molecule has 1 aromatic heterocycles. The molecule has 0 bridgehead atoms. The lowest BCUT2D eigenvalue weighted by atomic mass is 10.1. The van der Waals surface area contributed by atoms with Crippen LogP contribution in [0.2, 0.25) is 0 Å². The number of ether oxygens (including phenoxy) is 1. The molecule has 0 atom stereocenters. The minimum Gasteiger partial charge on any atom is -0.433 e. The van der Waals surface area contributed by atoms with E-state index in [1.54, 1.807) is 25.2 Å². The van der Waals surface area contributed by atoms with Crippen molar-refractivity contribution >= 4 is 11.5 Å². The predicted molar refractivity (Wildman–Crippen MR) is 77.7 cm³/mol. The molecule has 21 heavy (non-hydrogen) atoms. The largest absolute Gasteiger partial charge is 0.433 e. The Balaban J connectivity index is 2.40. The van der Waals surface area contributed by atoms with Crippen molar-refractivity contribution < 1.29 is 14.8 Å². The quantitative estimate of drug-likeness (QED) is 0.626. The Morgan fingerprint density at radius 1 is 1.33 bits per heavy atom. The molecule has 7 nitrogen and oxygen atoms in total. The molecule has 2 rings (SSSR count). The first-order valence-electron chi connectivity index (χ1n) is 6.35. The summed E-state index contributed by atoms with van der Waals surface area (Å²) in [4.78, 5) is 14.6. The average Bonchev–Trinajstić information content (AvgIpc) is 2.49. The van der Waals surface area contributed by atoms with Crippen LogP contribution >= 0.6 is 0 Å². The van der Waals surface area contributed by atoms with Crippen molar-refractivity contribution in [2.24, 2.45) is 0 Å². The van der Waals surface area contributed by atoms with Crippen LogP contribution in [0.1, 0.15) is 5.56 Å². The number of nitrogens with one attached hydrogen (secondary N) is 1. The Bertz CT molecular complexity index is 646. The van der Waals surface area contributed by atoms with Crippen LogP contribution in [-0.2, 0) is 6.42 Å². The third-order valence-corrected chi connectivity index (χ3v) is 2.85. The predicted octanol–water partition coefficient (Wildman–Crippen LogP) is 2.36. The Kier molecular flexibility index (Phi) is 4.68. The van der Waals surface area contributed by atoms with Crippen LogP contribution in [0.15, 0.2) is 36.4 Å². The molecule has 1 heterocycles. The second-order valence-electron chi connectivity index (χ2n) is 4.21. The number of aliphatic hydroxyl groups excluding tert-OH is 1. The molecule has 7 heteroatoms. The van der Waals surface area contributed by atoms with E-state index in [2.05, 4.69) is 10.3 Å². The molecule has 2 N–H and O–H groups in total. The zero-order valence-electron chi connectivity index (χ0n) is 11.4. The normalized spacial score (nSPS) is 10.2. The number of hydrogen-bond acceptors (Lipinski definition) is 6. The monoisotopic (exact) mass is 289 g/mol. The van der Waals surface area contributed by atoms with Gasteiger partial charge in [0, 0.05) is 19.7 Å². The first kappa shape index (κ1) is 14.7. The Morgan fingerprint density at radius 2 is 2.10 bits per heavy atom. The fourth-order valence-electron chi connectivity index (χ4n) is 1.82. The van der Waals surface area contributed by atoms with E-state index in [0.717, 1.165) is 5.56 Å². The van der Waals surface area contributed by atoms with Gasteiger partial charge in [-0.2, -0.15) is 4.98 Å². The number of pyridine rings is 1. The summed E-state index contributed by atoms with van der Waals surface area (Å²) >= 11 is 0. The van der Waals surface area contributed by atoms with Crippen LogP contribution in [0, 0.1) is 10.1 Å². The van der Waals surface area contributed by atoms with Crippen molar-refractivity contribution in [2.45, 2.75) is 6.42 Å². The first-order valence-corrected chi connectivity index (χ1v) is 6.35. The molecular weight excluding hydrogens is 274 g/mol. The zero-order valence-corrected chi connectivity index (χ0v) is 11.4. The summed E-state index contributed by atoms with van der Waals surface area (Å²) in [5, 5.41) is 22.9. The lowest BCUT2D eigenvalue weighted by Crippen LogP contribution is -2.01. The third-order valence-electron chi connectivity index (χ3n) is 2.85. The molecule has 0 aliphatic heterocycles. The minimum absolute atomic E-state index is 0.0353. The third kappa shape index (κ3) is 3.46. The van der Waals surface area contributed by atoms with E-state index in [9.17, 15) is 10.1 Å². The molecule has 0 aliphatic rings. The maximum absolute atomic E-state index is 11.0. The highest BCUT2D eigenvalue weighted by Crippen LogP contribution is 2.32. The van der Waals surface area contributed by atoms with Crippen LogP contribution in [0.25, 0.3) is 0 Å². The van der Waals surface area contributed by atoms with Crippen LogP contribution in [0.4, 0.5) is 11.5 Å². The van der Waals surface area contributed by atoms with E-state index in [1.807, 2.05) is 6.07 Å². The number of aromatic nitrogens is 1. The van der Waals surface area contributed by atoms with Gasteiger partial charge in [-0.3, -0.25) is 10.1 Å². The molecule has 0 saturated heterocycles. The van der Waals surface area contributed by atoms with E-state index in [1.165, 1.54) is 12.1 Å². The van der Waals surface area contributed by atoms with Crippen molar-refractivity contribution in [2.75, 3.05) is 19.0 Å². The van der Waals surface area contributed by atoms with Gasteiger partial charge >= 0.3 is 11.6 Å². The molecule has 0 amide bonds. The molecule has 0 fully saturated rings. The molecule has 1 aromatic carbocycles. The average molecular weight is 289 g/mol. The summed E-state index contributed by atoms with van der Waals surface area (Å²) in [5.74, 6) is 0.822. The number of hydrogen-bond donors (Lipinski definition) is 2. The van der Waals surface area contributed by atoms with E-state index < -0.39 is 4.92 Å². The number of anilines is 1. The number of nitrogens with zero attached hydrogens (tertiary/aromatic N) is 2. The molecule has 2 aromatic rings. The Morgan fingerprint density at radius 3 is 2.76 bits per heavy atom. The summed E-state index contributed by atoms with van der Waals surface area (Å²) in [5.41, 5.74) is 0.541. The maximum Gasteiger partial charge on any atom is 0.331 e. The SMILES string of the molecule is CNc1ccc([N+](=O)[O-])c(Oc2ccccc2CCO)n1. The fourth-order valence-corrected chi connectivity index (χ4v) is 1.82. The van der Waals surface area contributed by atoms with Crippen molar-refractivity contribution in [3.05, 3.63) is 52.1 Å². The van der Waals surface area contributed by atoms with E-state index in [4.69, 9.17) is 9.84 Å². The molecule has 0 aliphatic carbocycles. The molecule has 0 unspecified atom stereocenters. The fraction of sp³-hybridized carbons (Fsp3) is 0.214. The van der Waals surface area contributed by atoms with Crippen molar-refractivity contribution in [3.63, 3.8) is 0 Å². The standard InChI is InChI=1S/C14H15N3O4/c1-15-13-7-6-11(17(19)20)14(16-13)21-12-5-3-2-4-10(12)8-9-18/h2-7,18H,8-9H2,1H3,(H,15,16). The van der Waals surface area contributed by atoms with Crippen molar-refractivity contribution in [1.29, 1.82) is 0 Å². The van der Waals surface area contributed by atoms with Crippen LogP contribution < -0.4 is 10.1 Å². The van der Waals surface area contributed by atoms with Gasteiger partial charge in [-0.1, -0.05) is 18.2 Å². The van der Waals surface area contributed by atoms with E-state index in [0.29, 0.717) is 18.0 Å². The molecule has 0 spiro atoms. The number of aliphatic hydroxyl groups is 1. The highest BCUT2D eigenvalue weighted by atomic mass is 16.6. The van der Waals surface area contributed by atoms with Gasteiger partial charge in [0.15, 0.2) is 0 Å². The van der Waals surface area contributed by atoms with Gasteiger partial charge in [0.1, 0.15) is 11.6 Å². The molecular formula is C14H15N3O4. The van der Waals surface area contributed by atoms with Gasteiger partial charge in [0.25, 0.3) is 0 Å². The van der Waals surface area contributed by atoms with Gasteiger partial charge in [0.2, 0.25) is 0 Å². The first-order chi connectivity index (χ1) is 10.2. The summed E-state index contributed by atoms with van der Waals surface area (Å²) in [6.07, 6.45) is 0.399. The topological polar surface area (TPSA) is 97.5 Å². The smallest absolute Gasteiger partial charge is 0.331 e. The van der Waals surface area contributed by atoms with Gasteiger partial charge < -0.3 is 15.2 Å². The van der Waals surface area contributed by atoms with Gasteiger partial charge in [-0.25, -0.2) is 0 Å².